The van der Waals surface area contributed by atoms with Crippen molar-refractivity contribution in [1.82, 2.24) is 10.2 Å². The highest BCUT2D eigenvalue weighted by Gasteiger charge is 2.39. The first-order valence-corrected chi connectivity index (χ1v) is 9.05. The number of likely N-dealkylation sites (tertiary alicyclic amines) is 1. The molecule has 1 aromatic carbocycles. The van der Waals surface area contributed by atoms with Crippen LogP contribution >= 0.6 is 0 Å². The van der Waals surface area contributed by atoms with Gasteiger partial charge in [0.25, 0.3) is 5.91 Å². The topological polar surface area (TPSA) is 61.9 Å². The fraction of sp³-hybridized carbons (Fsp3) is 0.579. The van der Waals surface area contributed by atoms with E-state index in [9.17, 15) is 9.59 Å². The van der Waals surface area contributed by atoms with Crippen LogP contribution in [0.1, 0.15) is 26.2 Å². The zero-order valence-corrected chi connectivity index (χ0v) is 15.0. The van der Waals surface area contributed by atoms with Gasteiger partial charge in [0.05, 0.1) is 25.3 Å². The lowest BCUT2D eigenvalue weighted by atomic mass is 9.99. The predicted octanol–water partition coefficient (Wildman–Crippen LogP) is 1.65. The third kappa shape index (κ3) is 4.19. The van der Waals surface area contributed by atoms with Gasteiger partial charge >= 0.3 is 0 Å². The predicted molar refractivity (Wildman–Crippen MR) is 96.7 cm³/mol. The van der Waals surface area contributed by atoms with E-state index in [1.54, 1.807) is 31.4 Å². The van der Waals surface area contributed by atoms with E-state index >= 15 is 0 Å². The Kier molecular flexibility index (Phi) is 5.71. The van der Waals surface area contributed by atoms with Gasteiger partial charge in [-0.25, -0.2) is 4.90 Å². The molecular formula is C19H27N3O3. The Morgan fingerprint density at radius 1 is 1.16 bits per heavy atom. The highest BCUT2D eigenvalue weighted by Crippen LogP contribution is 2.25. The number of imide groups is 1. The zero-order chi connectivity index (χ0) is 17.8. The number of anilines is 1. The summed E-state index contributed by atoms with van der Waals surface area (Å²) in [7, 11) is 1.59. The van der Waals surface area contributed by atoms with Crippen LogP contribution in [-0.2, 0) is 9.59 Å². The molecule has 0 bridgehead atoms. The number of nitrogens with zero attached hydrogens (tertiary/aromatic N) is 2. The molecule has 2 amide bonds. The molecule has 25 heavy (non-hydrogen) atoms. The van der Waals surface area contributed by atoms with Gasteiger partial charge in [-0.2, -0.15) is 0 Å². The van der Waals surface area contributed by atoms with Crippen molar-refractivity contribution in [2.75, 3.05) is 38.2 Å². The van der Waals surface area contributed by atoms with Crippen molar-refractivity contribution in [3.05, 3.63) is 24.3 Å². The average Bonchev–Trinajstić information content (AvgIpc) is 2.90. The number of nitrogens with one attached hydrogen (secondary N) is 1. The molecule has 1 N–H and O–H groups in total. The van der Waals surface area contributed by atoms with Crippen LogP contribution in [0.25, 0.3) is 0 Å². The second kappa shape index (κ2) is 7.97. The molecule has 6 nitrogen and oxygen atoms in total. The maximum absolute atomic E-state index is 12.6. The molecule has 1 aromatic rings. The minimum atomic E-state index is -0.418. The quantitative estimate of drug-likeness (QED) is 0.795. The Hall–Kier alpha value is -1.92. The molecule has 1 unspecified atom stereocenters. The van der Waals surface area contributed by atoms with Crippen molar-refractivity contribution in [2.45, 2.75) is 32.2 Å². The molecule has 0 aliphatic carbocycles. The number of amides is 2. The minimum absolute atomic E-state index is 0.153. The van der Waals surface area contributed by atoms with Crippen molar-refractivity contribution in [3.8, 4) is 5.75 Å². The van der Waals surface area contributed by atoms with Crippen LogP contribution in [0.3, 0.4) is 0 Å². The third-order valence-electron chi connectivity index (χ3n) is 5.17. The van der Waals surface area contributed by atoms with Gasteiger partial charge in [0, 0.05) is 13.1 Å². The minimum Gasteiger partial charge on any atom is -0.497 e. The number of ether oxygens (including phenoxy) is 1. The molecule has 2 heterocycles. The lowest BCUT2D eigenvalue weighted by molar-refractivity contribution is -0.121. The molecule has 136 valence electrons. The molecule has 2 fully saturated rings. The van der Waals surface area contributed by atoms with Gasteiger partial charge in [0.15, 0.2) is 0 Å². The summed E-state index contributed by atoms with van der Waals surface area (Å²) >= 11 is 0. The van der Waals surface area contributed by atoms with Crippen LogP contribution in [0.4, 0.5) is 5.69 Å². The SMILES string of the molecule is COc1ccc(N2C(=O)CC(NCCN3CCC(C)CC3)C2=O)cc1. The first kappa shape index (κ1) is 17.9. The Balaban J connectivity index is 1.52. The van der Waals surface area contributed by atoms with Gasteiger partial charge in [0.2, 0.25) is 5.91 Å². The van der Waals surface area contributed by atoms with Crippen molar-refractivity contribution >= 4 is 17.5 Å². The van der Waals surface area contributed by atoms with Crippen molar-refractivity contribution in [2.24, 2.45) is 5.92 Å². The highest BCUT2D eigenvalue weighted by molar-refractivity contribution is 6.22. The molecule has 6 heteroatoms. The summed E-state index contributed by atoms with van der Waals surface area (Å²) in [5, 5.41) is 3.26. The van der Waals surface area contributed by atoms with E-state index in [-0.39, 0.29) is 18.2 Å². The summed E-state index contributed by atoms with van der Waals surface area (Å²) < 4.78 is 5.12. The standard InChI is InChI=1S/C19H27N3O3/c1-14-7-10-21(11-8-14)12-9-20-17-13-18(23)22(19(17)24)15-3-5-16(25-2)6-4-15/h3-6,14,17,20H,7-13H2,1-2H3. The molecule has 0 aromatic heterocycles. The highest BCUT2D eigenvalue weighted by atomic mass is 16.5. The molecule has 2 saturated heterocycles. The van der Waals surface area contributed by atoms with Gasteiger partial charge in [-0.3, -0.25) is 9.59 Å². The van der Waals surface area contributed by atoms with Gasteiger partial charge in [-0.05, 0) is 56.1 Å². The molecule has 0 radical (unpaired) electrons. The van der Waals surface area contributed by atoms with Crippen LogP contribution in [0.5, 0.6) is 5.75 Å². The first-order valence-electron chi connectivity index (χ1n) is 9.05. The smallest absolute Gasteiger partial charge is 0.251 e. The second-order valence-electron chi connectivity index (χ2n) is 7.00. The average molecular weight is 345 g/mol. The zero-order valence-electron chi connectivity index (χ0n) is 15.0. The molecule has 0 saturated carbocycles. The number of hydrogen-bond donors (Lipinski definition) is 1. The number of rotatable bonds is 6. The Morgan fingerprint density at radius 3 is 2.48 bits per heavy atom. The summed E-state index contributed by atoms with van der Waals surface area (Å²) in [6.07, 6.45) is 2.71. The summed E-state index contributed by atoms with van der Waals surface area (Å²) in [6.45, 7) is 6.20. The summed E-state index contributed by atoms with van der Waals surface area (Å²) in [6, 6.07) is 6.58. The van der Waals surface area contributed by atoms with Crippen LogP contribution < -0.4 is 15.0 Å². The number of carbonyl (C=O) groups is 2. The molecule has 2 aliphatic heterocycles. The van der Waals surface area contributed by atoms with Crippen LogP contribution in [-0.4, -0.2) is 56.0 Å². The summed E-state index contributed by atoms with van der Waals surface area (Å²) in [5.74, 6) is 1.20. The van der Waals surface area contributed by atoms with Gasteiger partial charge in [-0.15, -0.1) is 0 Å². The van der Waals surface area contributed by atoms with Crippen molar-refractivity contribution in [3.63, 3.8) is 0 Å². The normalized spacial score (nSPS) is 22.6. The van der Waals surface area contributed by atoms with E-state index < -0.39 is 6.04 Å². The lowest BCUT2D eigenvalue weighted by Gasteiger charge is -2.30. The number of methoxy groups -OCH3 is 1. The number of piperidine rings is 1. The second-order valence-corrected chi connectivity index (χ2v) is 7.00. The van der Waals surface area contributed by atoms with Gasteiger partial charge < -0.3 is 15.0 Å². The van der Waals surface area contributed by atoms with Crippen LogP contribution in [0.15, 0.2) is 24.3 Å². The van der Waals surface area contributed by atoms with Crippen LogP contribution in [0, 0.1) is 5.92 Å². The largest absolute Gasteiger partial charge is 0.497 e. The molecule has 1 atom stereocenters. The Labute approximate surface area is 149 Å². The maximum Gasteiger partial charge on any atom is 0.251 e. The van der Waals surface area contributed by atoms with E-state index in [0.29, 0.717) is 11.4 Å². The maximum atomic E-state index is 12.6. The lowest BCUT2D eigenvalue weighted by Crippen LogP contribution is -2.43. The van der Waals surface area contributed by atoms with E-state index in [0.717, 1.165) is 32.1 Å². The monoisotopic (exact) mass is 345 g/mol. The van der Waals surface area contributed by atoms with Crippen LogP contribution in [0.2, 0.25) is 0 Å². The van der Waals surface area contributed by atoms with Crippen molar-refractivity contribution < 1.29 is 14.3 Å². The Morgan fingerprint density at radius 2 is 1.84 bits per heavy atom. The fourth-order valence-corrected chi connectivity index (χ4v) is 3.48. The van der Waals surface area contributed by atoms with E-state index in [4.69, 9.17) is 4.74 Å². The Bertz CT molecular complexity index is 609. The van der Waals surface area contributed by atoms with E-state index in [1.165, 1.54) is 17.7 Å². The molecule has 0 spiro atoms. The number of hydrogen-bond acceptors (Lipinski definition) is 5. The van der Waals surface area contributed by atoms with Gasteiger partial charge in [0.1, 0.15) is 5.75 Å². The number of carbonyl (C=O) groups excluding carboxylic acids is 2. The summed E-state index contributed by atoms with van der Waals surface area (Å²) in [4.78, 5) is 28.6. The van der Waals surface area contributed by atoms with Gasteiger partial charge in [-0.1, -0.05) is 6.92 Å². The molecule has 3 rings (SSSR count). The van der Waals surface area contributed by atoms with E-state index in [2.05, 4.69) is 17.1 Å². The molecule has 2 aliphatic rings. The number of benzene rings is 1. The third-order valence-corrected chi connectivity index (χ3v) is 5.17. The molecular weight excluding hydrogens is 318 g/mol. The first-order chi connectivity index (χ1) is 12.1. The van der Waals surface area contributed by atoms with E-state index in [1.807, 2.05) is 0 Å². The summed E-state index contributed by atoms with van der Waals surface area (Å²) in [5.41, 5.74) is 0.602. The van der Waals surface area contributed by atoms with Crippen molar-refractivity contribution in [1.29, 1.82) is 0 Å². The fourth-order valence-electron chi connectivity index (χ4n) is 3.48.